The van der Waals surface area contributed by atoms with Gasteiger partial charge in [0.25, 0.3) is 0 Å². The largest absolute Gasteiger partial charge is 0.362 e. The summed E-state index contributed by atoms with van der Waals surface area (Å²) in [5, 5.41) is 3.69. The monoisotopic (exact) mass is 389 g/mol. The van der Waals surface area contributed by atoms with Crippen molar-refractivity contribution in [2.75, 3.05) is 5.32 Å². The second-order valence-corrected chi connectivity index (χ2v) is 5.81. The first-order chi connectivity index (χ1) is 8.58. The average Bonchev–Trinajstić information content (AvgIpc) is 2.36. The van der Waals surface area contributed by atoms with Gasteiger partial charge in [-0.2, -0.15) is 0 Å². The number of anilines is 1. The van der Waals surface area contributed by atoms with Crippen LogP contribution in [0.2, 0.25) is 5.15 Å². The van der Waals surface area contributed by atoms with Crippen LogP contribution in [0.25, 0.3) is 0 Å². The third-order valence-corrected chi connectivity index (χ3v) is 4.26. The molecule has 0 aliphatic heterocycles. The lowest BCUT2D eigenvalue weighted by molar-refractivity contribution is 0.869. The summed E-state index contributed by atoms with van der Waals surface area (Å²) in [6.45, 7) is 2.06. The molecule has 1 aromatic heterocycles. The molecule has 1 atom stereocenters. The van der Waals surface area contributed by atoms with Crippen molar-refractivity contribution in [2.24, 2.45) is 0 Å². The Morgan fingerprint density at radius 3 is 2.50 bits per heavy atom. The summed E-state index contributed by atoms with van der Waals surface area (Å²) < 4.78 is 1.74. The maximum atomic E-state index is 5.92. The summed E-state index contributed by atoms with van der Waals surface area (Å²) in [6.07, 6.45) is 1.43. The van der Waals surface area contributed by atoms with Crippen molar-refractivity contribution in [1.29, 1.82) is 0 Å². The zero-order valence-corrected chi connectivity index (χ0v) is 13.4. The highest BCUT2D eigenvalue weighted by Crippen LogP contribution is 2.29. The van der Waals surface area contributed by atoms with E-state index in [4.69, 9.17) is 11.6 Å². The van der Waals surface area contributed by atoms with Crippen LogP contribution < -0.4 is 5.32 Å². The first-order valence-electron chi connectivity index (χ1n) is 5.26. The number of aromatic nitrogens is 2. The summed E-state index contributed by atoms with van der Waals surface area (Å²) in [4.78, 5) is 8.05. The van der Waals surface area contributed by atoms with E-state index in [1.165, 1.54) is 11.9 Å². The van der Waals surface area contributed by atoms with Crippen molar-refractivity contribution in [3.05, 3.63) is 50.3 Å². The number of nitrogens with zero attached hydrogens (tertiary/aromatic N) is 2. The highest BCUT2D eigenvalue weighted by atomic mass is 79.9. The van der Waals surface area contributed by atoms with E-state index in [9.17, 15) is 0 Å². The van der Waals surface area contributed by atoms with Crippen LogP contribution in [0.1, 0.15) is 18.5 Å². The van der Waals surface area contributed by atoms with Crippen LogP contribution in [0.5, 0.6) is 0 Å². The van der Waals surface area contributed by atoms with Crippen LogP contribution in [0.4, 0.5) is 5.82 Å². The Hall–Kier alpha value is -0.650. The minimum atomic E-state index is 0.125. The van der Waals surface area contributed by atoms with Crippen LogP contribution in [-0.4, -0.2) is 9.97 Å². The molecule has 18 heavy (non-hydrogen) atoms. The lowest BCUT2D eigenvalue weighted by atomic mass is 10.1. The molecule has 0 radical (unpaired) electrons. The van der Waals surface area contributed by atoms with E-state index in [2.05, 4.69) is 66.2 Å². The Balaban J connectivity index is 2.18. The predicted octanol–water partition coefficient (Wildman–Crippen LogP) is 4.83. The summed E-state index contributed by atoms with van der Waals surface area (Å²) in [7, 11) is 0. The van der Waals surface area contributed by atoms with Crippen molar-refractivity contribution >= 4 is 49.3 Å². The van der Waals surface area contributed by atoms with Gasteiger partial charge in [0.1, 0.15) is 17.3 Å². The molecule has 0 bridgehead atoms. The van der Waals surface area contributed by atoms with E-state index in [0.717, 1.165) is 4.47 Å². The van der Waals surface area contributed by atoms with Gasteiger partial charge < -0.3 is 5.32 Å². The van der Waals surface area contributed by atoms with Crippen molar-refractivity contribution in [3.8, 4) is 0 Å². The molecule has 1 N–H and O–H groups in total. The maximum Gasteiger partial charge on any atom is 0.148 e. The zero-order valence-electron chi connectivity index (χ0n) is 9.49. The van der Waals surface area contributed by atoms with Gasteiger partial charge in [-0.15, -0.1) is 0 Å². The minimum Gasteiger partial charge on any atom is -0.362 e. The molecule has 94 valence electrons. The Labute approximate surface area is 127 Å². The topological polar surface area (TPSA) is 37.8 Å². The number of benzene rings is 1. The number of halogens is 3. The van der Waals surface area contributed by atoms with Crippen LogP contribution in [0.15, 0.2) is 39.5 Å². The summed E-state index contributed by atoms with van der Waals surface area (Å²) in [5.74, 6) is 0.686. The molecule has 1 heterocycles. The molecular weight excluding hydrogens is 381 g/mol. The van der Waals surface area contributed by atoms with Gasteiger partial charge in [-0.3, -0.25) is 0 Å². The molecule has 1 aromatic carbocycles. The zero-order chi connectivity index (χ0) is 13.1. The standard InChI is InChI=1S/C12H10Br2ClN3/c1-7(8-2-4-9(13)5-3-8)18-12-10(14)11(15)16-6-17-12/h2-7H,1H3,(H,16,17,18). The van der Waals surface area contributed by atoms with E-state index in [1.54, 1.807) is 0 Å². The third kappa shape index (κ3) is 3.22. The Kier molecular flexibility index (Phi) is 4.59. The van der Waals surface area contributed by atoms with Crippen molar-refractivity contribution in [3.63, 3.8) is 0 Å². The number of nitrogens with one attached hydrogen (secondary N) is 1. The molecule has 0 saturated heterocycles. The van der Waals surface area contributed by atoms with Crippen LogP contribution in [-0.2, 0) is 0 Å². The Morgan fingerprint density at radius 1 is 1.17 bits per heavy atom. The fourth-order valence-electron chi connectivity index (χ4n) is 1.49. The summed E-state index contributed by atoms with van der Waals surface area (Å²) in [5.41, 5.74) is 1.17. The highest BCUT2D eigenvalue weighted by Gasteiger charge is 2.11. The van der Waals surface area contributed by atoms with E-state index < -0.39 is 0 Å². The fourth-order valence-corrected chi connectivity index (χ4v) is 2.21. The predicted molar refractivity (Wildman–Crippen MR) is 80.9 cm³/mol. The second-order valence-electron chi connectivity index (χ2n) is 3.74. The number of rotatable bonds is 3. The lowest BCUT2D eigenvalue weighted by Crippen LogP contribution is -2.08. The lowest BCUT2D eigenvalue weighted by Gasteiger charge is -2.16. The van der Waals surface area contributed by atoms with Gasteiger partial charge in [0.05, 0.1) is 4.47 Å². The van der Waals surface area contributed by atoms with Gasteiger partial charge in [0, 0.05) is 10.5 Å². The van der Waals surface area contributed by atoms with Crippen LogP contribution >= 0.6 is 43.5 Å². The molecule has 2 aromatic rings. The Morgan fingerprint density at radius 2 is 1.83 bits per heavy atom. The SMILES string of the molecule is CC(Nc1ncnc(Cl)c1Br)c1ccc(Br)cc1. The molecule has 3 nitrogen and oxygen atoms in total. The van der Waals surface area contributed by atoms with E-state index in [-0.39, 0.29) is 6.04 Å². The molecular formula is C12H10Br2ClN3. The normalized spacial score (nSPS) is 12.2. The first kappa shape index (κ1) is 13.8. The van der Waals surface area contributed by atoms with E-state index in [1.807, 2.05) is 12.1 Å². The van der Waals surface area contributed by atoms with Crippen LogP contribution in [0.3, 0.4) is 0 Å². The quantitative estimate of drug-likeness (QED) is 0.762. The van der Waals surface area contributed by atoms with Gasteiger partial charge in [-0.1, -0.05) is 39.7 Å². The van der Waals surface area contributed by atoms with Gasteiger partial charge >= 0.3 is 0 Å². The first-order valence-corrected chi connectivity index (χ1v) is 7.22. The maximum absolute atomic E-state index is 5.92. The van der Waals surface area contributed by atoms with Crippen molar-refractivity contribution < 1.29 is 0 Å². The fraction of sp³-hybridized carbons (Fsp3) is 0.167. The molecule has 0 aliphatic carbocycles. The Bertz CT molecular complexity index is 546. The smallest absolute Gasteiger partial charge is 0.148 e. The molecule has 0 saturated carbocycles. The second kappa shape index (κ2) is 5.99. The molecule has 0 amide bonds. The molecule has 1 unspecified atom stereocenters. The molecule has 0 aliphatic rings. The molecule has 0 spiro atoms. The molecule has 0 fully saturated rings. The average molecular weight is 391 g/mol. The van der Waals surface area contributed by atoms with Crippen molar-refractivity contribution in [2.45, 2.75) is 13.0 Å². The van der Waals surface area contributed by atoms with Crippen LogP contribution in [0, 0.1) is 0 Å². The van der Waals surface area contributed by atoms with Gasteiger partial charge in [-0.25, -0.2) is 9.97 Å². The molecule has 2 rings (SSSR count). The minimum absolute atomic E-state index is 0.125. The van der Waals surface area contributed by atoms with Crippen molar-refractivity contribution in [1.82, 2.24) is 9.97 Å². The highest BCUT2D eigenvalue weighted by molar-refractivity contribution is 9.11. The number of hydrogen-bond acceptors (Lipinski definition) is 3. The third-order valence-electron chi connectivity index (χ3n) is 2.47. The van der Waals surface area contributed by atoms with Gasteiger partial charge in [0.15, 0.2) is 0 Å². The van der Waals surface area contributed by atoms with Gasteiger partial charge in [-0.05, 0) is 40.5 Å². The van der Waals surface area contributed by atoms with E-state index >= 15 is 0 Å². The summed E-state index contributed by atoms with van der Waals surface area (Å²) in [6, 6.07) is 8.25. The number of hydrogen-bond donors (Lipinski definition) is 1. The summed E-state index contributed by atoms with van der Waals surface area (Å²) >= 11 is 12.7. The van der Waals surface area contributed by atoms with Gasteiger partial charge in [0.2, 0.25) is 0 Å². The molecule has 6 heteroatoms. The van der Waals surface area contributed by atoms with E-state index in [0.29, 0.717) is 15.4 Å².